The normalized spacial score (nSPS) is 14.4. The fourth-order valence-electron chi connectivity index (χ4n) is 3.50. The summed E-state index contributed by atoms with van der Waals surface area (Å²) in [5, 5.41) is 11.5. The molecule has 0 saturated carbocycles. The van der Waals surface area contributed by atoms with Gasteiger partial charge in [0, 0.05) is 13.1 Å². The zero-order valence-corrected chi connectivity index (χ0v) is 18.6. The summed E-state index contributed by atoms with van der Waals surface area (Å²) >= 11 is 1.11. The fourth-order valence-corrected chi connectivity index (χ4v) is 4.24. The summed E-state index contributed by atoms with van der Waals surface area (Å²) < 4.78 is 47.0. The quantitative estimate of drug-likeness (QED) is 0.538. The molecule has 0 radical (unpaired) electrons. The Morgan fingerprint density at radius 2 is 1.79 bits per heavy atom. The van der Waals surface area contributed by atoms with Gasteiger partial charge in [-0.05, 0) is 30.7 Å². The van der Waals surface area contributed by atoms with Crippen molar-refractivity contribution < 1.29 is 22.7 Å². The van der Waals surface area contributed by atoms with Gasteiger partial charge in [0.25, 0.3) is 0 Å². The minimum atomic E-state index is -4.56. The maximum Gasteiger partial charge on any atom is 0.418 e. The highest BCUT2D eigenvalue weighted by Crippen LogP contribution is 2.35. The Labute approximate surface area is 192 Å². The van der Waals surface area contributed by atoms with Crippen LogP contribution in [-0.2, 0) is 15.7 Å². The molecule has 11 heteroatoms. The van der Waals surface area contributed by atoms with E-state index in [2.05, 4.69) is 20.4 Å². The number of ether oxygens (including phenoxy) is 1. The smallest absolute Gasteiger partial charge is 0.378 e. The van der Waals surface area contributed by atoms with Gasteiger partial charge in [-0.2, -0.15) is 13.2 Å². The summed E-state index contributed by atoms with van der Waals surface area (Å²) in [5.74, 6) is -0.0545. The molecule has 7 nitrogen and oxygen atoms in total. The molecule has 0 aliphatic carbocycles. The molecular formula is C22H22F3N5O2S. The first-order valence-electron chi connectivity index (χ1n) is 10.3. The number of alkyl halides is 3. The maximum atomic E-state index is 13.2. The Morgan fingerprint density at radius 3 is 2.52 bits per heavy atom. The van der Waals surface area contributed by atoms with Gasteiger partial charge in [-0.3, -0.25) is 9.36 Å². The number of aryl methyl sites for hydroxylation is 1. The van der Waals surface area contributed by atoms with E-state index in [0.29, 0.717) is 37.4 Å². The van der Waals surface area contributed by atoms with Crippen molar-refractivity contribution in [2.45, 2.75) is 18.3 Å². The van der Waals surface area contributed by atoms with E-state index in [0.717, 1.165) is 29.1 Å². The van der Waals surface area contributed by atoms with Crippen LogP contribution in [0.25, 0.3) is 5.69 Å². The van der Waals surface area contributed by atoms with Crippen LogP contribution in [0.15, 0.2) is 53.7 Å². The van der Waals surface area contributed by atoms with Crippen molar-refractivity contribution in [2.24, 2.45) is 0 Å². The Hall–Kier alpha value is -3.05. The van der Waals surface area contributed by atoms with Gasteiger partial charge >= 0.3 is 6.18 Å². The van der Waals surface area contributed by atoms with E-state index in [1.54, 1.807) is 0 Å². The lowest BCUT2D eigenvalue weighted by atomic mass is 10.1. The van der Waals surface area contributed by atoms with Crippen molar-refractivity contribution in [3.8, 4) is 5.69 Å². The lowest BCUT2D eigenvalue weighted by Gasteiger charge is -2.28. The Morgan fingerprint density at radius 1 is 1.09 bits per heavy atom. The molecule has 1 saturated heterocycles. The molecule has 0 unspecified atom stereocenters. The number of benzene rings is 2. The molecule has 1 aromatic heterocycles. The highest BCUT2D eigenvalue weighted by atomic mass is 32.2. The molecule has 1 N–H and O–H groups in total. The van der Waals surface area contributed by atoms with Gasteiger partial charge in [-0.15, -0.1) is 10.2 Å². The summed E-state index contributed by atoms with van der Waals surface area (Å²) in [6, 6.07) is 12.6. The van der Waals surface area contributed by atoms with E-state index in [1.807, 2.05) is 35.8 Å². The molecule has 33 heavy (non-hydrogen) atoms. The average Bonchev–Trinajstić information content (AvgIpc) is 3.22. The molecule has 1 amide bonds. The Balaban J connectivity index is 1.56. The van der Waals surface area contributed by atoms with E-state index in [1.165, 1.54) is 18.2 Å². The number of thioether (sulfide) groups is 1. The molecule has 0 spiro atoms. The largest absolute Gasteiger partial charge is 0.418 e. The van der Waals surface area contributed by atoms with E-state index < -0.39 is 17.6 Å². The molecule has 1 aliphatic rings. The maximum absolute atomic E-state index is 13.2. The monoisotopic (exact) mass is 477 g/mol. The van der Waals surface area contributed by atoms with E-state index in [-0.39, 0.29) is 11.4 Å². The first-order chi connectivity index (χ1) is 15.8. The van der Waals surface area contributed by atoms with E-state index >= 15 is 0 Å². The first kappa shape index (κ1) is 23.1. The minimum absolute atomic E-state index is 0.126. The number of para-hydroxylation sites is 2. The van der Waals surface area contributed by atoms with Gasteiger partial charge in [-0.25, -0.2) is 0 Å². The minimum Gasteiger partial charge on any atom is -0.378 e. The van der Waals surface area contributed by atoms with Crippen molar-refractivity contribution in [1.29, 1.82) is 0 Å². The van der Waals surface area contributed by atoms with Crippen LogP contribution < -0.4 is 10.2 Å². The van der Waals surface area contributed by atoms with Gasteiger partial charge < -0.3 is 15.0 Å². The second-order valence-corrected chi connectivity index (χ2v) is 8.33. The molecule has 4 rings (SSSR count). The van der Waals surface area contributed by atoms with Gasteiger partial charge in [0.05, 0.1) is 35.9 Å². The highest BCUT2D eigenvalue weighted by molar-refractivity contribution is 7.99. The van der Waals surface area contributed by atoms with Crippen molar-refractivity contribution in [2.75, 3.05) is 42.3 Å². The molecular weight excluding hydrogens is 455 g/mol. The second-order valence-electron chi connectivity index (χ2n) is 7.38. The lowest BCUT2D eigenvalue weighted by Crippen LogP contribution is -2.38. The van der Waals surface area contributed by atoms with Crippen LogP contribution in [0, 0.1) is 6.92 Å². The highest BCUT2D eigenvalue weighted by Gasteiger charge is 2.33. The molecule has 2 aromatic carbocycles. The predicted molar refractivity (Wildman–Crippen MR) is 120 cm³/mol. The number of aromatic nitrogens is 3. The van der Waals surface area contributed by atoms with Crippen LogP contribution in [0.2, 0.25) is 0 Å². The molecule has 2 heterocycles. The third-order valence-corrected chi connectivity index (χ3v) is 6.03. The third-order valence-electron chi connectivity index (χ3n) is 5.11. The second kappa shape index (κ2) is 9.84. The summed E-state index contributed by atoms with van der Waals surface area (Å²) in [6.07, 6.45) is -4.56. The first-order valence-corrected chi connectivity index (χ1v) is 11.3. The fraction of sp³-hybridized carbons (Fsp3) is 0.318. The van der Waals surface area contributed by atoms with Crippen LogP contribution in [0.4, 0.5) is 24.8 Å². The summed E-state index contributed by atoms with van der Waals surface area (Å²) in [5.41, 5.74) is 0.706. The zero-order chi connectivity index (χ0) is 23.4. The molecule has 3 aromatic rings. The SMILES string of the molecule is Cc1ccccc1-n1c(SCC(=O)Nc2ccccc2C(F)(F)F)nnc1N1CCOCC1. The number of rotatable bonds is 6. The standard InChI is InChI=1S/C22H22F3N5O2S/c1-15-6-2-5-9-18(15)30-20(29-10-12-32-13-11-29)27-28-21(30)33-14-19(31)26-17-8-4-3-7-16(17)22(23,24)25/h2-9H,10-14H2,1H3,(H,26,31). The molecule has 174 valence electrons. The molecule has 1 fully saturated rings. The van der Waals surface area contributed by atoms with Crippen LogP contribution in [-0.4, -0.2) is 52.7 Å². The summed E-state index contributed by atoms with van der Waals surface area (Å²) in [7, 11) is 0. The lowest BCUT2D eigenvalue weighted by molar-refractivity contribution is -0.137. The van der Waals surface area contributed by atoms with Gasteiger partial charge in [0.15, 0.2) is 5.16 Å². The number of hydrogen-bond acceptors (Lipinski definition) is 6. The molecule has 0 atom stereocenters. The number of carbonyl (C=O) groups excluding carboxylic acids is 1. The Kier molecular flexibility index (Phi) is 6.89. The van der Waals surface area contributed by atoms with Crippen molar-refractivity contribution in [3.63, 3.8) is 0 Å². The van der Waals surface area contributed by atoms with Crippen molar-refractivity contribution in [1.82, 2.24) is 14.8 Å². The molecule has 1 aliphatic heterocycles. The predicted octanol–water partition coefficient (Wildman–Crippen LogP) is 4.16. The van der Waals surface area contributed by atoms with Crippen molar-refractivity contribution >= 4 is 29.3 Å². The number of anilines is 2. The van der Waals surface area contributed by atoms with Gasteiger partial charge in [0.2, 0.25) is 11.9 Å². The van der Waals surface area contributed by atoms with Crippen LogP contribution >= 0.6 is 11.8 Å². The number of nitrogens with zero attached hydrogens (tertiary/aromatic N) is 4. The van der Waals surface area contributed by atoms with Crippen LogP contribution in [0.5, 0.6) is 0 Å². The number of amides is 1. The Bertz CT molecular complexity index is 1130. The topological polar surface area (TPSA) is 72.3 Å². The van der Waals surface area contributed by atoms with Crippen molar-refractivity contribution in [3.05, 3.63) is 59.7 Å². The summed E-state index contributed by atoms with van der Waals surface area (Å²) in [6.45, 7) is 4.43. The average molecular weight is 478 g/mol. The number of nitrogens with one attached hydrogen (secondary N) is 1. The zero-order valence-electron chi connectivity index (χ0n) is 17.8. The third kappa shape index (κ3) is 5.31. The summed E-state index contributed by atoms with van der Waals surface area (Å²) in [4.78, 5) is 14.6. The molecule has 0 bridgehead atoms. The number of halogens is 3. The van der Waals surface area contributed by atoms with Crippen LogP contribution in [0.3, 0.4) is 0 Å². The van der Waals surface area contributed by atoms with Gasteiger partial charge in [-0.1, -0.05) is 42.1 Å². The van der Waals surface area contributed by atoms with Crippen LogP contribution in [0.1, 0.15) is 11.1 Å². The van der Waals surface area contributed by atoms with E-state index in [4.69, 9.17) is 4.74 Å². The number of morpholine rings is 1. The number of hydrogen-bond donors (Lipinski definition) is 1. The van der Waals surface area contributed by atoms with Gasteiger partial charge in [0.1, 0.15) is 0 Å². The van der Waals surface area contributed by atoms with E-state index in [9.17, 15) is 18.0 Å². The number of carbonyl (C=O) groups is 1.